The number of halogens is 1. The second kappa shape index (κ2) is 7.64. The van der Waals surface area contributed by atoms with Crippen LogP contribution in [0.15, 0.2) is 48.5 Å². The summed E-state index contributed by atoms with van der Waals surface area (Å²) in [5.74, 6) is 0.605. The number of hydrogen-bond acceptors (Lipinski definition) is 4. The molecule has 1 atom stereocenters. The highest BCUT2D eigenvalue weighted by Gasteiger charge is 2.21. The van der Waals surface area contributed by atoms with E-state index in [0.29, 0.717) is 12.2 Å². The number of β-amino-alcohol motifs (C(OH)–C–C–N with tert-alkyl or cyclic N) is 1. The van der Waals surface area contributed by atoms with Gasteiger partial charge in [-0.25, -0.2) is 4.39 Å². The standard InChI is InChI=1S/C19H23FN2O2/c1-24-16-8-6-15(7-9-16)19(23)14-21-10-12-22(13-11-21)18-5-3-2-4-17(18)20/h2-9,19,23H,10-14H2,1H3. The fourth-order valence-corrected chi connectivity index (χ4v) is 3.06. The van der Waals surface area contributed by atoms with Crippen molar-refractivity contribution in [3.63, 3.8) is 0 Å². The molecular formula is C19H23FN2O2. The molecule has 2 aromatic rings. The third kappa shape index (κ3) is 3.86. The molecule has 1 heterocycles. The predicted molar refractivity (Wildman–Crippen MR) is 93.0 cm³/mol. The molecule has 2 aromatic carbocycles. The number of piperazine rings is 1. The Kier molecular flexibility index (Phi) is 5.33. The number of benzene rings is 2. The van der Waals surface area contributed by atoms with Crippen molar-refractivity contribution in [1.82, 2.24) is 4.90 Å². The monoisotopic (exact) mass is 330 g/mol. The average molecular weight is 330 g/mol. The molecule has 0 aliphatic carbocycles. The number of hydrogen-bond donors (Lipinski definition) is 1. The summed E-state index contributed by atoms with van der Waals surface area (Å²) in [5, 5.41) is 10.4. The van der Waals surface area contributed by atoms with E-state index in [1.165, 1.54) is 6.07 Å². The van der Waals surface area contributed by atoms with Crippen LogP contribution in [0.25, 0.3) is 0 Å². The van der Waals surface area contributed by atoms with Crippen LogP contribution in [-0.4, -0.2) is 49.8 Å². The summed E-state index contributed by atoms with van der Waals surface area (Å²) in [7, 11) is 1.63. The highest BCUT2D eigenvalue weighted by Crippen LogP contribution is 2.22. The fraction of sp³-hybridized carbons (Fsp3) is 0.368. The Morgan fingerprint density at radius 2 is 1.71 bits per heavy atom. The largest absolute Gasteiger partial charge is 0.497 e. The van der Waals surface area contributed by atoms with E-state index in [2.05, 4.69) is 9.80 Å². The molecule has 1 aliphatic rings. The lowest BCUT2D eigenvalue weighted by Gasteiger charge is -2.37. The molecule has 1 aliphatic heterocycles. The first-order valence-electron chi connectivity index (χ1n) is 8.21. The maximum absolute atomic E-state index is 13.9. The molecule has 1 fully saturated rings. The Hall–Kier alpha value is -2.11. The van der Waals surface area contributed by atoms with Gasteiger partial charge in [-0.15, -0.1) is 0 Å². The van der Waals surface area contributed by atoms with Crippen LogP contribution in [0.1, 0.15) is 11.7 Å². The van der Waals surface area contributed by atoms with E-state index in [9.17, 15) is 9.50 Å². The van der Waals surface area contributed by atoms with Gasteiger partial charge in [-0.1, -0.05) is 24.3 Å². The molecule has 1 saturated heterocycles. The quantitative estimate of drug-likeness (QED) is 0.914. The molecule has 1 N–H and O–H groups in total. The number of nitrogens with zero attached hydrogens (tertiary/aromatic N) is 2. The van der Waals surface area contributed by atoms with Crippen molar-refractivity contribution in [2.75, 3.05) is 44.7 Å². The number of ether oxygens (including phenoxy) is 1. The normalized spacial score (nSPS) is 16.9. The summed E-state index contributed by atoms with van der Waals surface area (Å²) < 4.78 is 19.0. The third-order valence-corrected chi connectivity index (χ3v) is 4.50. The Morgan fingerprint density at radius 1 is 1.04 bits per heavy atom. The average Bonchev–Trinajstić information content (AvgIpc) is 2.63. The molecule has 128 valence electrons. The maximum atomic E-state index is 13.9. The van der Waals surface area contributed by atoms with Crippen molar-refractivity contribution in [2.45, 2.75) is 6.10 Å². The van der Waals surface area contributed by atoms with Gasteiger partial charge in [0.05, 0.1) is 18.9 Å². The van der Waals surface area contributed by atoms with Crippen LogP contribution >= 0.6 is 0 Å². The SMILES string of the molecule is COc1ccc(C(O)CN2CCN(c3ccccc3F)CC2)cc1. The molecule has 5 heteroatoms. The summed E-state index contributed by atoms with van der Waals surface area (Å²) >= 11 is 0. The molecule has 0 radical (unpaired) electrons. The Labute approximate surface area is 142 Å². The number of para-hydroxylation sites is 1. The minimum atomic E-state index is -0.532. The zero-order valence-corrected chi connectivity index (χ0v) is 13.9. The molecular weight excluding hydrogens is 307 g/mol. The Morgan fingerprint density at radius 3 is 2.33 bits per heavy atom. The summed E-state index contributed by atoms with van der Waals surface area (Å²) in [4.78, 5) is 4.28. The minimum absolute atomic E-state index is 0.177. The van der Waals surface area contributed by atoms with E-state index in [-0.39, 0.29) is 5.82 Å². The lowest BCUT2D eigenvalue weighted by atomic mass is 10.1. The van der Waals surface area contributed by atoms with E-state index in [1.54, 1.807) is 13.2 Å². The zero-order chi connectivity index (χ0) is 16.9. The van der Waals surface area contributed by atoms with Crippen molar-refractivity contribution in [3.8, 4) is 5.75 Å². The molecule has 3 rings (SSSR count). The second-order valence-corrected chi connectivity index (χ2v) is 6.03. The van der Waals surface area contributed by atoms with Crippen LogP contribution < -0.4 is 9.64 Å². The summed E-state index contributed by atoms with van der Waals surface area (Å²) in [6.45, 7) is 3.72. The van der Waals surface area contributed by atoms with E-state index < -0.39 is 6.10 Å². The van der Waals surface area contributed by atoms with Crippen molar-refractivity contribution >= 4 is 5.69 Å². The molecule has 0 aromatic heterocycles. The van der Waals surface area contributed by atoms with Gasteiger partial charge in [0.1, 0.15) is 11.6 Å². The zero-order valence-electron chi connectivity index (χ0n) is 13.9. The molecule has 1 unspecified atom stereocenters. The van der Waals surface area contributed by atoms with Crippen molar-refractivity contribution < 1.29 is 14.2 Å². The van der Waals surface area contributed by atoms with Crippen LogP contribution in [-0.2, 0) is 0 Å². The number of aliphatic hydroxyl groups is 1. The van der Waals surface area contributed by atoms with Gasteiger partial charge >= 0.3 is 0 Å². The van der Waals surface area contributed by atoms with Crippen LogP contribution in [0.2, 0.25) is 0 Å². The van der Waals surface area contributed by atoms with E-state index in [4.69, 9.17) is 4.74 Å². The van der Waals surface area contributed by atoms with Crippen molar-refractivity contribution in [2.24, 2.45) is 0 Å². The third-order valence-electron chi connectivity index (χ3n) is 4.50. The number of rotatable bonds is 5. The van der Waals surface area contributed by atoms with E-state index >= 15 is 0 Å². The first-order valence-corrected chi connectivity index (χ1v) is 8.21. The van der Waals surface area contributed by atoms with Gasteiger partial charge < -0.3 is 14.7 Å². The van der Waals surface area contributed by atoms with Gasteiger partial charge in [0.25, 0.3) is 0 Å². The molecule has 0 amide bonds. The lowest BCUT2D eigenvalue weighted by molar-refractivity contribution is 0.109. The van der Waals surface area contributed by atoms with Gasteiger partial charge in [-0.05, 0) is 29.8 Å². The summed E-state index contributed by atoms with van der Waals surface area (Å²) in [6, 6.07) is 14.4. The first kappa shape index (κ1) is 16.7. The number of methoxy groups -OCH3 is 1. The first-order chi connectivity index (χ1) is 11.7. The summed E-state index contributed by atoms with van der Waals surface area (Å²) in [6.07, 6.45) is -0.532. The van der Waals surface area contributed by atoms with Crippen molar-refractivity contribution in [3.05, 3.63) is 59.9 Å². The van der Waals surface area contributed by atoms with Gasteiger partial charge in [-0.3, -0.25) is 4.90 Å². The highest BCUT2D eigenvalue weighted by atomic mass is 19.1. The Bertz CT molecular complexity index is 655. The molecule has 4 nitrogen and oxygen atoms in total. The predicted octanol–water partition coefficient (Wildman–Crippen LogP) is 2.69. The smallest absolute Gasteiger partial charge is 0.146 e. The maximum Gasteiger partial charge on any atom is 0.146 e. The van der Waals surface area contributed by atoms with Crippen LogP contribution in [0, 0.1) is 5.82 Å². The molecule has 24 heavy (non-hydrogen) atoms. The van der Waals surface area contributed by atoms with Crippen LogP contribution in [0.4, 0.5) is 10.1 Å². The summed E-state index contributed by atoms with van der Waals surface area (Å²) in [5.41, 5.74) is 1.54. The Balaban J connectivity index is 1.54. The number of aliphatic hydroxyl groups excluding tert-OH is 1. The van der Waals surface area contributed by atoms with E-state index in [1.807, 2.05) is 36.4 Å². The van der Waals surface area contributed by atoms with Crippen LogP contribution in [0.3, 0.4) is 0 Å². The van der Waals surface area contributed by atoms with Gasteiger partial charge in [-0.2, -0.15) is 0 Å². The van der Waals surface area contributed by atoms with Crippen molar-refractivity contribution in [1.29, 1.82) is 0 Å². The lowest BCUT2D eigenvalue weighted by Crippen LogP contribution is -2.47. The minimum Gasteiger partial charge on any atom is -0.497 e. The molecule has 0 bridgehead atoms. The highest BCUT2D eigenvalue weighted by molar-refractivity contribution is 5.48. The fourth-order valence-electron chi connectivity index (χ4n) is 3.06. The molecule has 0 saturated carbocycles. The topological polar surface area (TPSA) is 35.9 Å². The van der Waals surface area contributed by atoms with Gasteiger partial charge in [0, 0.05) is 32.7 Å². The van der Waals surface area contributed by atoms with Gasteiger partial charge in [0.15, 0.2) is 0 Å². The molecule has 0 spiro atoms. The second-order valence-electron chi connectivity index (χ2n) is 6.03. The number of anilines is 1. The van der Waals surface area contributed by atoms with E-state index in [0.717, 1.165) is 37.5 Å². The van der Waals surface area contributed by atoms with Gasteiger partial charge in [0.2, 0.25) is 0 Å². The van der Waals surface area contributed by atoms with Crippen LogP contribution in [0.5, 0.6) is 5.75 Å².